The van der Waals surface area contributed by atoms with E-state index in [1.54, 1.807) is 16.8 Å². The fraction of sp³-hybridized carbons (Fsp3) is 0.462. The van der Waals surface area contributed by atoms with Crippen LogP contribution < -0.4 is 9.64 Å². The number of hydrogen-bond donors (Lipinski definition) is 0. The number of rotatable bonds is 4. The molecule has 10 heteroatoms. The molecular formula is C13H14F3N5O2. The van der Waals surface area contributed by atoms with Crippen molar-refractivity contribution in [3.8, 4) is 5.75 Å². The molecule has 0 aliphatic carbocycles. The highest BCUT2D eigenvalue weighted by Gasteiger charge is 2.31. The summed E-state index contributed by atoms with van der Waals surface area (Å²) in [5.41, 5.74) is 0.765. The van der Waals surface area contributed by atoms with Gasteiger partial charge in [-0.25, -0.2) is 4.68 Å². The molecule has 0 atom stereocenters. The van der Waals surface area contributed by atoms with E-state index in [9.17, 15) is 13.2 Å². The van der Waals surface area contributed by atoms with Crippen molar-refractivity contribution >= 4 is 5.95 Å². The number of benzene rings is 1. The molecule has 1 aliphatic rings. The van der Waals surface area contributed by atoms with Crippen molar-refractivity contribution in [2.45, 2.75) is 12.9 Å². The van der Waals surface area contributed by atoms with Crippen molar-refractivity contribution < 1.29 is 22.6 Å². The molecule has 0 saturated carbocycles. The van der Waals surface area contributed by atoms with E-state index < -0.39 is 6.36 Å². The zero-order chi connectivity index (χ0) is 16.3. The fourth-order valence-electron chi connectivity index (χ4n) is 2.26. The second kappa shape index (κ2) is 6.41. The minimum absolute atomic E-state index is 0.258. The van der Waals surface area contributed by atoms with E-state index in [2.05, 4.69) is 20.3 Å². The molecule has 0 spiro atoms. The molecule has 0 radical (unpaired) electrons. The fourth-order valence-corrected chi connectivity index (χ4v) is 2.26. The Labute approximate surface area is 129 Å². The Morgan fingerprint density at radius 3 is 2.48 bits per heavy atom. The van der Waals surface area contributed by atoms with E-state index in [4.69, 9.17) is 4.74 Å². The molecule has 1 fully saturated rings. The maximum Gasteiger partial charge on any atom is 0.573 e. The van der Waals surface area contributed by atoms with Gasteiger partial charge in [0.2, 0.25) is 5.95 Å². The Hall–Kier alpha value is -2.36. The number of hydrogen-bond acceptors (Lipinski definition) is 6. The predicted octanol–water partition coefficient (Wildman–Crippen LogP) is 1.46. The Balaban J connectivity index is 1.69. The maximum absolute atomic E-state index is 12.1. The van der Waals surface area contributed by atoms with Gasteiger partial charge in [0.25, 0.3) is 0 Å². The average molecular weight is 329 g/mol. The number of tetrazole rings is 1. The lowest BCUT2D eigenvalue weighted by molar-refractivity contribution is -0.274. The van der Waals surface area contributed by atoms with E-state index in [-0.39, 0.29) is 5.75 Å². The minimum Gasteiger partial charge on any atom is -0.406 e. The van der Waals surface area contributed by atoms with Crippen LogP contribution in [0, 0.1) is 0 Å². The van der Waals surface area contributed by atoms with E-state index in [1.807, 2.05) is 4.90 Å². The molecule has 3 rings (SSSR count). The van der Waals surface area contributed by atoms with E-state index in [0.29, 0.717) is 38.8 Å². The van der Waals surface area contributed by atoms with E-state index >= 15 is 0 Å². The quantitative estimate of drug-likeness (QED) is 0.846. The first-order valence-electron chi connectivity index (χ1n) is 6.95. The molecule has 1 saturated heterocycles. The number of alkyl halides is 3. The van der Waals surface area contributed by atoms with Gasteiger partial charge >= 0.3 is 6.36 Å². The Morgan fingerprint density at radius 2 is 1.83 bits per heavy atom. The first-order chi connectivity index (χ1) is 11.0. The van der Waals surface area contributed by atoms with Crippen LogP contribution in [0.2, 0.25) is 0 Å². The summed E-state index contributed by atoms with van der Waals surface area (Å²) in [5.74, 6) is 0.357. The van der Waals surface area contributed by atoms with Crippen molar-refractivity contribution in [2.75, 3.05) is 31.2 Å². The highest BCUT2D eigenvalue weighted by molar-refractivity contribution is 5.31. The molecule has 1 aromatic heterocycles. The number of anilines is 1. The minimum atomic E-state index is -4.69. The number of halogens is 3. The molecule has 0 N–H and O–H groups in total. The highest BCUT2D eigenvalue weighted by atomic mass is 19.4. The van der Waals surface area contributed by atoms with Crippen LogP contribution in [-0.4, -0.2) is 52.9 Å². The summed E-state index contributed by atoms with van der Waals surface area (Å²) in [5, 5.41) is 11.6. The van der Waals surface area contributed by atoms with Crippen LogP contribution in [-0.2, 0) is 11.3 Å². The predicted molar refractivity (Wildman–Crippen MR) is 73.1 cm³/mol. The van der Waals surface area contributed by atoms with Crippen molar-refractivity contribution in [2.24, 2.45) is 0 Å². The van der Waals surface area contributed by atoms with Gasteiger partial charge in [-0.15, -0.1) is 13.2 Å². The van der Waals surface area contributed by atoms with Crippen molar-refractivity contribution in [3.63, 3.8) is 0 Å². The van der Waals surface area contributed by atoms with E-state index in [1.165, 1.54) is 12.1 Å². The van der Waals surface area contributed by atoms with Gasteiger partial charge in [-0.05, 0) is 28.1 Å². The summed E-state index contributed by atoms with van der Waals surface area (Å²) in [6.07, 6.45) is -4.69. The molecule has 124 valence electrons. The highest BCUT2D eigenvalue weighted by Crippen LogP contribution is 2.23. The molecule has 2 heterocycles. The molecular weight excluding hydrogens is 315 g/mol. The largest absolute Gasteiger partial charge is 0.573 e. The third-order valence-corrected chi connectivity index (χ3v) is 3.30. The van der Waals surface area contributed by atoms with Gasteiger partial charge < -0.3 is 14.4 Å². The third kappa shape index (κ3) is 4.09. The topological polar surface area (TPSA) is 65.3 Å². The smallest absolute Gasteiger partial charge is 0.406 e. The average Bonchev–Trinajstić information content (AvgIpc) is 2.97. The third-order valence-electron chi connectivity index (χ3n) is 3.30. The summed E-state index contributed by atoms with van der Waals surface area (Å²) >= 11 is 0. The molecule has 2 aromatic rings. The van der Waals surface area contributed by atoms with Crippen LogP contribution in [0.4, 0.5) is 19.1 Å². The van der Waals surface area contributed by atoms with Crippen LogP contribution in [0.1, 0.15) is 5.56 Å². The van der Waals surface area contributed by atoms with Crippen LogP contribution in [0.25, 0.3) is 0 Å². The van der Waals surface area contributed by atoms with Gasteiger partial charge in [0.05, 0.1) is 19.8 Å². The van der Waals surface area contributed by atoms with Crippen molar-refractivity contribution in [3.05, 3.63) is 29.8 Å². The Morgan fingerprint density at radius 1 is 1.13 bits per heavy atom. The van der Waals surface area contributed by atoms with E-state index in [0.717, 1.165) is 5.56 Å². The zero-order valence-electron chi connectivity index (χ0n) is 12.0. The van der Waals surface area contributed by atoms with Gasteiger partial charge in [0.15, 0.2) is 0 Å². The molecule has 1 aliphatic heterocycles. The normalized spacial score (nSPS) is 15.7. The van der Waals surface area contributed by atoms with Gasteiger partial charge in [-0.1, -0.05) is 17.2 Å². The molecule has 7 nitrogen and oxygen atoms in total. The lowest BCUT2D eigenvalue weighted by Gasteiger charge is -2.26. The van der Waals surface area contributed by atoms with Crippen LogP contribution in [0.15, 0.2) is 24.3 Å². The number of aromatic nitrogens is 4. The Bertz CT molecular complexity index is 638. The second-order valence-electron chi connectivity index (χ2n) is 4.93. The van der Waals surface area contributed by atoms with Gasteiger partial charge in [-0.3, -0.25) is 0 Å². The maximum atomic E-state index is 12.1. The van der Waals surface area contributed by atoms with Crippen LogP contribution in [0.3, 0.4) is 0 Å². The van der Waals surface area contributed by atoms with Gasteiger partial charge in [-0.2, -0.15) is 0 Å². The summed E-state index contributed by atoms with van der Waals surface area (Å²) in [4.78, 5) is 2.00. The van der Waals surface area contributed by atoms with Crippen LogP contribution in [0.5, 0.6) is 5.75 Å². The van der Waals surface area contributed by atoms with Crippen molar-refractivity contribution in [1.82, 2.24) is 20.2 Å². The van der Waals surface area contributed by atoms with Crippen molar-refractivity contribution in [1.29, 1.82) is 0 Å². The molecule has 1 aromatic carbocycles. The van der Waals surface area contributed by atoms with Crippen LogP contribution >= 0.6 is 0 Å². The number of morpholine rings is 1. The lowest BCUT2D eigenvalue weighted by Crippen LogP contribution is -2.38. The van der Waals surface area contributed by atoms with Gasteiger partial charge in [0, 0.05) is 13.1 Å². The summed E-state index contributed by atoms with van der Waals surface area (Å²) in [6.45, 7) is 2.95. The summed E-state index contributed by atoms with van der Waals surface area (Å²) in [6, 6.07) is 5.63. The monoisotopic (exact) mass is 329 g/mol. The second-order valence-corrected chi connectivity index (χ2v) is 4.93. The molecule has 0 bridgehead atoms. The summed E-state index contributed by atoms with van der Waals surface area (Å²) in [7, 11) is 0. The molecule has 0 amide bonds. The van der Waals surface area contributed by atoms with Gasteiger partial charge in [0.1, 0.15) is 5.75 Å². The first-order valence-corrected chi connectivity index (χ1v) is 6.95. The summed E-state index contributed by atoms with van der Waals surface area (Å²) < 4.78 is 47.1. The lowest BCUT2D eigenvalue weighted by atomic mass is 10.2. The number of ether oxygens (including phenoxy) is 2. The number of nitrogens with zero attached hydrogens (tertiary/aromatic N) is 5. The zero-order valence-corrected chi connectivity index (χ0v) is 12.0. The standard InChI is InChI=1S/C13H14F3N5O2/c14-13(15,16)23-11-3-1-10(2-4-11)9-21-12(17-18-19-21)20-5-7-22-8-6-20/h1-4H,5-9H2. The molecule has 0 unspecified atom stereocenters. The molecule has 23 heavy (non-hydrogen) atoms. The first kappa shape index (κ1) is 15.5. The Kier molecular flexibility index (Phi) is 4.33. The SMILES string of the molecule is FC(F)(F)Oc1ccc(Cn2nnnc2N2CCOCC2)cc1.